The van der Waals surface area contributed by atoms with Gasteiger partial charge in [0.05, 0.1) is 0 Å². The Kier molecular flexibility index (Phi) is 5.58. The molecule has 0 bridgehead atoms. The molecule has 0 heterocycles. The zero-order valence-corrected chi connectivity index (χ0v) is 9.82. The molecule has 0 saturated carbocycles. The Morgan fingerprint density at radius 2 is 1.94 bits per heavy atom. The number of nitrogens with one attached hydrogen (secondary N) is 1. The highest BCUT2D eigenvalue weighted by Gasteiger charge is 2.03. The van der Waals surface area contributed by atoms with Gasteiger partial charge in [0.1, 0.15) is 12.4 Å². The first-order valence-electron chi connectivity index (χ1n) is 5.50. The van der Waals surface area contributed by atoms with Gasteiger partial charge in [-0.05, 0) is 30.7 Å². The van der Waals surface area contributed by atoms with Gasteiger partial charge in [0.25, 0.3) is 5.91 Å². The van der Waals surface area contributed by atoms with Crippen LogP contribution in [0.2, 0.25) is 0 Å². The topological polar surface area (TPSA) is 38.3 Å². The molecule has 1 aromatic rings. The highest BCUT2D eigenvalue weighted by molar-refractivity contribution is 5.94. The van der Waals surface area contributed by atoms with E-state index in [1.807, 2.05) is 0 Å². The second-order valence-corrected chi connectivity index (χ2v) is 3.46. The van der Waals surface area contributed by atoms with Crippen molar-refractivity contribution in [2.75, 3.05) is 13.2 Å². The van der Waals surface area contributed by atoms with Gasteiger partial charge in [-0.2, -0.15) is 0 Å². The zero-order valence-electron chi connectivity index (χ0n) is 9.82. The Balaban J connectivity index is 2.51. The first-order valence-corrected chi connectivity index (χ1v) is 5.50. The maximum atomic E-state index is 11.6. The van der Waals surface area contributed by atoms with Crippen molar-refractivity contribution in [3.63, 3.8) is 0 Å². The quantitative estimate of drug-likeness (QED) is 0.578. The minimum Gasteiger partial charge on any atom is -0.490 e. The van der Waals surface area contributed by atoms with E-state index in [1.54, 1.807) is 36.4 Å². The lowest BCUT2D eigenvalue weighted by Crippen LogP contribution is -2.23. The second-order valence-electron chi connectivity index (χ2n) is 3.46. The van der Waals surface area contributed by atoms with E-state index in [2.05, 4.69) is 18.5 Å². The van der Waals surface area contributed by atoms with Crippen LogP contribution in [0.1, 0.15) is 16.8 Å². The summed E-state index contributed by atoms with van der Waals surface area (Å²) in [6, 6.07) is 7.02. The van der Waals surface area contributed by atoms with Crippen LogP contribution in [-0.4, -0.2) is 19.1 Å². The van der Waals surface area contributed by atoms with Crippen LogP contribution in [0.5, 0.6) is 5.75 Å². The average Bonchev–Trinajstić information content (AvgIpc) is 2.37. The number of hydrogen-bond donors (Lipinski definition) is 1. The number of amides is 1. The molecule has 3 heteroatoms. The molecular weight excluding hydrogens is 214 g/mol. The van der Waals surface area contributed by atoms with Gasteiger partial charge in [0, 0.05) is 12.1 Å². The molecule has 0 spiro atoms. The molecule has 3 nitrogen and oxygen atoms in total. The van der Waals surface area contributed by atoms with Crippen LogP contribution in [0, 0.1) is 0 Å². The van der Waals surface area contributed by atoms with Gasteiger partial charge in [-0.15, -0.1) is 6.58 Å². The Morgan fingerprint density at radius 1 is 1.24 bits per heavy atom. The average molecular weight is 231 g/mol. The molecule has 0 aliphatic rings. The fourth-order valence-electron chi connectivity index (χ4n) is 1.25. The molecule has 1 rings (SSSR count). The molecule has 1 N–H and O–H groups in total. The smallest absolute Gasteiger partial charge is 0.251 e. The molecule has 0 saturated heterocycles. The third kappa shape index (κ3) is 4.55. The lowest BCUT2D eigenvalue weighted by atomic mass is 10.2. The fraction of sp³-hybridized carbons (Fsp3) is 0.214. The maximum Gasteiger partial charge on any atom is 0.251 e. The molecule has 1 amide bonds. The third-order valence-corrected chi connectivity index (χ3v) is 2.12. The molecule has 0 aliphatic carbocycles. The number of benzene rings is 1. The van der Waals surface area contributed by atoms with E-state index in [0.29, 0.717) is 18.7 Å². The van der Waals surface area contributed by atoms with E-state index in [1.165, 1.54) is 0 Å². The Labute approximate surface area is 102 Å². The lowest BCUT2D eigenvalue weighted by Gasteiger charge is -2.05. The van der Waals surface area contributed by atoms with Crippen LogP contribution < -0.4 is 10.1 Å². The van der Waals surface area contributed by atoms with Crippen molar-refractivity contribution in [1.82, 2.24) is 5.32 Å². The summed E-state index contributed by atoms with van der Waals surface area (Å²) < 4.78 is 5.33. The highest BCUT2D eigenvalue weighted by atomic mass is 16.5. The lowest BCUT2D eigenvalue weighted by molar-refractivity contribution is 0.0954. The van der Waals surface area contributed by atoms with E-state index in [9.17, 15) is 4.79 Å². The molecule has 0 aromatic heterocycles. The summed E-state index contributed by atoms with van der Waals surface area (Å²) in [5.41, 5.74) is 0.625. The Hall–Kier alpha value is -2.03. The number of carbonyl (C=O) groups excluding carboxylic acids is 1. The Bertz CT molecular complexity index is 382. The van der Waals surface area contributed by atoms with Crippen molar-refractivity contribution in [1.29, 1.82) is 0 Å². The van der Waals surface area contributed by atoms with E-state index in [0.717, 1.165) is 12.2 Å². The predicted molar refractivity (Wildman–Crippen MR) is 69.3 cm³/mol. The van der Waals surface area contributed by atoms with Gasteiger partial charge in [-0.25, -0.2) is 0 Å². The van der Waals surface area contributed by atoms with Crippen molar-refractivity contribution in [3.8, 4) is 5.75 Å². The first-order chi connectivity index (χ1) is 8.27. The van der Waals surface area contributed by atoms with E-state index < -0.39 is 0 Å². The Morgan fingerprint density at radius 3 is 2.53 bits per heavy atom. The molecule has 0 aliphatic heterocycles. The van der Waals surface area contributed by atoms with Crippen LogP contribution in [0.25, 0.3) is 0 Å². The van der Waals surface area contributed by atoms with Gasteiger partial charge in [0.2, 0.25) is 0 Å². The van der Waals surface area contributed by atoms with Crippen LogP contribution >= 0.6 is 0 Å². The molecule has 0 atom stereocenters. The number of hydrogen-bond acceptors (Lipinski definition) is 2. The largest absolute Gasteiger partial charge is 0.490 e. The number of ether oxygens (including phenoxy) is 1. The van der Waals surface area contributed by atoms with Crippen LogP contribution in [-0.2, 0) is 0 Å². The molecule has 0 radical (unpaired) electrons. The third-order valence-electron chi connectivity index (χ3n) is 2.12. The summed E-state index contributed by atoms with van der Waals surface area (Å²) in [6.07, 6.45) is 4.22. The zero-order chi connectivity index (χ0) is 12.5. The monoisotopic (exact) mass is 231 g/mol. The second kappa shape index (κ2) is 7.28. The van der Waals surface area contributed by atoms with Crippen LogP contribution in [0.3, 0.4) is 0 Å². The SMILES string of the molecule is C=CCCNC(=O)c1ccc(OCC=C)cc1. The normalized spacial score (nSPS) is 9.41. The van der Waals surface area contributed by atoms with E-state index in [4.69, 9.17) is 4.74 Å². The van der Waals surface area contributed by atoms with Crippen molar-refractivity contribution in [2.24, 2.45) is 0 Å². The van der Waals surface area contributed by atoms with Gasteiger partial charge >= 0.3 is 0 Å². The standard InChI is InChI=1S/C14H17NO2/c1-3-5-10-15-14(16)12-6-8-13(9-7-12)17-11-4-2/h3-4,6-9H,1-2,5,10-11H2,(H,15,16). The van der Waals surface area contributed by atoms with Crippen molar-refractivity contribution >= 4 is 5.91 Å². The first kappa shape index (κ1) is 13.0. The summed E-state index contributed by atoms with van der Waals surface area (Å²) in [7, 11) is 0. The summed E-state index contributed by atoms with van der Waals surface area (Å²) in [5.74, 6) is 0.648. The van der Waals surface area contributed by atoms with Crippen molar-refractivity contribution in [2.45, 2.75) is 6.42 Å². The van der Waals surface area contributed by atoms with E-state index in [-0.39, 0.29) is 5.91 Å². The van der Waals surface area contributed by atoms with Gasteiger partial charge < -0.3 is 10.1 Å². The van der Waals surface area contributed by atoms with Crippen molar-refractivity contribution in [3.05, 3.63) is 55.1 Å². The number of rotatable bonds is 7. The molecule has 90 valence electrons. The molecule has 1 aromatic carbocycles. The molecule has 17 heavy (non-hydrogen) atoms. The van der Waals surface area contributed by atoms with Crippen LogP contribution in [0.15, 0.2) is 49.6 Å². The van der Waals surface area contributed by atoms with Crippen molar-refractivity contribution < 1.29 is 9.53 Å². The molecular formula is C14H17NO2. The molecule has 0 unspecified atom stereocenters. The summed E-state index contributed by atoms with van der Waals surface area (Å²) in [5, 5.41) is 2.80. The summed E-state index contributed by atoms with van der Waals surface area (Å²) in [6.45, 7) is 8.23. The summed E-state index contributed by atoms with van der Waals surface area (Å²) >= 11 is 0. The predicted octanol–water partition coefficient (Wildman–Crippen LogP) is 2.56. The van der Waals surface area contributed by atoms with E-state index >= 15 is 0 Å². The van der Waals surface area contributed by atoms with Gasteiger partial charge in [-0.3, -0.25) is 4.79 Å². The van der Waals surface area contributed by atoms with Crippen LogP contribution in [0.4, 0.5) is 0 Å². The van der Waals surface area contributed by atoms with Gasteiger partial charge in [-0.1, -0.05) is 18.7 Å². The fourth-order valence-corrected chi connectivity index (χ4v) is 1.25. The molecule has 0 fully saturated rings. The summed E-state index contributed by atoms with van der Waals surface area (Å²) in [4.78, 5) is 11.6. The minimum atomic E-state index is -0.0814. The number of carbonyl (C=O) groups is 1. The maximum absolute atomic E-state index is 11.6. The highest BCUT2D eigenvalue weighted by Crippen LogP contribution is 2.12. The van der Waals surface area contributed by atoms with Gasteiger partial charge in [0.15, 0.2) is 0 Å². The minimum absolute atomic E-state index is 0.0814.